The number of carboxylic acid groups (broad SMARTS) is 2. The van der Waals surface area contributed by atoms with Crippen LogP contribution in [0, 0.1) is 5.82 Å². The van der Waals surface area contributed by atoms with Crippen molar-refractivity contribution in [2.45, 2.75) is 38.9 Å². The van der Waals surface area contributed by atoms with Gasteiger partial charge < -0.3 is 19.5 Å². The Morgan fingerprint density at radius 3 is 1.82 bits per heavy atom. The van der Waals surface area contributed by atoms with Crippen LogP contribution in [0.4, 0.5) is 4.39 Å². The van der Waals surface area contributed by atoms with Crippen LogP contribution in [0.25, 0.3) is 0 Å². The normalized spacial score (nSPS) is 19.2. The van der Waals surface area contributed by atoms with Crippen molar-refractivity contribution in [3.63, 3.8) is 0 Å². The number of aromatic carboxylic acids is 2. The van der Waals surface area contributed by atoms with E-state index in [-0.39, 0.29) is 5.46 Å². The molecule has 6 nitrogen and oxygen atoms in total. The van der Waals surface area contributed by atoms with Gasteiger partial charge in [0.15, 0.2) is 0 Å². The molecule has 1 fully saturated rings. The second kappa shape index (κ2) is 5.07. The van der Waals surface area contributed by atoms with Crippen LogP contribution in [0.15, 0.2) is 12.1 Å². The van der Waals surface area contributed by atoms with Crippen LogP contribution < -0.4 is 5.46 Å². The highest BCUT2D eigenvalue weighted by Crippen LogP contribution is 2.36. The fourth-order valence-corrected chi connectivity index (χ4v) is 2.09. The third-order valence-corrected chi connectivity index (χ3v) is 4.10. The predicted octanol–water partition coefficient (Wildman–Crippen LogP) is 1.52. The molecule has 1 aliphatic rings. The zero-order valence-corrected chi connectivity index (χ0v) is 12.6. The van der Waals surface area contributed by atoms with E-state index in [2.05, 4.69) is 0 Å². The number of carbonyl (C=O) groups is 2. The first-order chi connectivity index (χ1) is 9.96. The maximum Gasteiger partial charge on any atom is 0.497 e. The summed E-state index contributed by atoms with van der Waals surface area (Å²) < 4.78 is 25.5. The summed E-state index contributed by atoms with van der Waals surface area (Å²) in [4.78, 5) is 22.2. The molecule has 0 saturated carbocycles. The molecule has 22 heavy (non-hydrogen) atoms. The Morgan fingerprint density at radius 1 is 1.00 bits per heavy atom. The van der Waals surface area contributed by atoms with Crippen molar-refractivity contribution in [3.8, 4) is 0 Å². The lowest BCUT2D eigenvalue weighted by Crippen LogP contribution is -2.41. The van der Waals surface area contributed by atoms with E-state index in [0.29, 0.717) is 6.07 Å². The largest absolute Gasteiger partial charge is 0.497 e. The van der Waals surface area contributed by atoms with Gasteiger partial charge in [-0.2, -0.15) is 0 Å². The van der Waals surface area contributed by atoms with Gasteiger partial charge in [-0.05, 0) is 39.8 Å². The Labute approximate surface area is 127 Å². The fraction of sp³-hybridized carbons (Fsp3) is 0.429. The first kappa shape index (κ1) is 16.4. The third-order valence-electron chi connectivity index (χ3n) is 4.10. The van der Waals surface area contributed by atoms with Crippen LogP contribution in [-0.2, 0) is 9.31 Å². The number of hydrogen-bond acceptors (Lipinski definition) is 4. The molecule has 0 atom stereocenters. The second-order valence-corrected chi connectivity index (χ2v) is 6.12. The first-order valence-electron chi connectivity index (χ1n) is 6.62. The molecule has 8 heteroatoms. The molecular weight excluding hydrogens is 294 g/mol. The minimum absolute atomic E-state index is 0.138. The summed E-state index contributed by atoms with van der Waals surface area (Å²) in [6.45, 7) is 7.09. The molecule has 1 heterocycles. The summed E-state index contributed by atoms with van der Waals surface area (Å²) in [5, 5.41) is 18.1. The molecule has 1 aliphatic heterocycles. The van der Waals surface area contributed by atoms with E-state index in [4.69, 9.17) is 19.5 Å². The van der Waals surface area contributed by atoms with E-state index in [0.717, 1.165) is 6.07 Å². The minimum Gasteiger partial charge on any atom is -0.478 e. The highest BCUT2D eigenvalue weighted by molar-refractivity contribution is 6.62. The third kappa shape index (κ3) is 2.59. The maximum atomic E-state index is 14.2. The average Bonchev–Trinajstić information content (AvgIpc) is 2.57. The molecule has 0 radical (unpaired) electrons. The molecule has 1 aromatic carbocycles. The van der Waals surface area contributed by atoms with Gasteiger partial charge in [-0.25, -0.2) is 14.0 Å². The molecule has 0 bridgehead atoms. The Hall–Kier alpha value is -1.93. The molecule has 0 aliphatic carbocycles. The average molecular weight is 310 g/mol. The van der Waals surface area contributed by atoms with Gasteiger partial charge in [0.1, 0.15) is 5.82 Å². The summed E-state index contributed by atoms with van der Waals surface area (Å²) in [6.07, 6.45) is 0. The number of carboxylic acids is 2. The van der Waals surface area contributed by atoms with Crippen LogP contribution in [-0.4, -0.2) is 40.5 Å². The lowest BCUT2D eigenvalue weighted by Gasteiger charge is -2.32. The van der Waals surface area contributed by atoms with Gasteiger partial charge in [0.2, 0.25) is 0 Å². The van der Waals surface area contributed by atoms with E-state index in [1.807, 2.05) is 0 Å². The van der Waals surface area contributed by atoms with Crippen LogP contribution >= 0.6 is 0 Å². The highest BCUT2D eigenvalue weighted by atomic mass is 19.1. The highest BCUT2D eigenvalue weighted by Gasteiger charge is 2.52. The van der Waals surface area contributed by atoms with Crippen LogP contribution in [0.3, 0.4) is 0 Å². The van der Waals surface area contributed by atoms with Crippen molar-refractivity contribution in [3.05, 3.63) is 29.1 Å². The standard InChI is InChI=1S/C14H16BFO6/c1-13(2)14(3,4)22-15(21-13)9-5-7(11(17)18)8(12(19)20)6-10(9)16/h5-6H,1-4H3,(H,17,18)(H,19,20). The maximum absolute atomic E-state index is 14.2. The first-order valence-corrected chi connectivity index (χ1v) is 6.62. The molecule has 2 rings (SSSR count). The summed E-state index contributed by atoms with van der Waals surface area (Å²) in [5.41, 5.74) is -2.72. The number of halogens is 1. The molecule has 2 N–H and O–H groups in total. The molecule has 0 amide bonds. The molecule has 0 unspecified atom stereocenters. The van der Waals surface area contributed by atoms with Gasteiger partial charge in [0.05, 0.1) is 22.3 Å². The van der Waals surface area contributed by atoms with Crippen LogP contribution in [0.2, 0.25) is 0 Å². The van der Waals surface area contributed by atoms with Gasteiger partial charge in [0.25, 0.3) is 0 Å². The second-order valence-electron chi connectivity index (χ2n) is 6.12. The van der Waals surface area contributed by atoms with Gasteiger partial charge in [-0.15, -0.1) is 0 Å². The molecule has 0 spiro atoms. The van der Waals surface area contributed by atoms with E-state index in [1.165, 1.54) is 0 Å². The van der Waals surface area contributed by atoms with Crippen molar-refractivity contribution in [1.29, 1.82) is 0 Å². The Morgan fingerprint density at radius 2 is 1.41 bits per heavy atom. The van der Waals surface area contributed by atoms with E-state index >= 15 is 0 Å². The van der Waals surface area contributed by atoms with Crippen molar-refractivity contribution in [2.75, 3.05) is 0 Å². The van der Waals surface area contributed by atoms with Gasteiger partial charge >= 0.3 is 19.1 Å². The number of hydrogen-bond donors (Lipinski definition) is 2. The fourth-order valence-electron chi connectivity index (χ4n) is 2.09. The van der Waals surface area contributed by atoms with E-state index < -0.39 is 47.2 Å². The summed E-state index contributed by atoms with van der Waals surface area (Å²) in [6, 6.07) is 1.62. The molecule has 1 saturated heterocycles. The summed E-state index contributed by atoms with van der Waals surface area (Å²) >= 11 is 0. The van der Waals surface area contributed by atoms with Gasteiger partial charge in [0, 0.05) is 5.46 Å². The quantitative estimate of drug-likeness (QED) is 0.822. The lowest BCUT2D eigenvalue weighted by molar-refractivity contribution is 0.00578. The summed E-state index contributed by atoms with van der Waals surface area (Å²) in [7, 11) is -1.11. The van der Waals surface area contributed by atoms with Crippen LogP contribution in [0.1, 0.15) is 48.4 Å². The molecular formula is C14H16BFO6. The minimum atomic E-state index is -1.52. The van der Waals surface area contributed by atoms with Crippen molar-refractivity contribution in [1.82, 2.24) is 0 Å². The molecule has 0 aromatic heterocycles. The topological polar surface area (TPSA) is 93.1 Å². The Balaban J connectivity index is 2.52. The number of rotatable bonds is 3. The Bertz CT molecular complexity index is 639. The van der Waals surface area contributed by atoms with Crippen molar-refractivity contribution >= 4 is 24.5 Å². The molecule has 118 valence electrons. The van der Waals surface area contributed by atoms with E-state index in [1.54, 1.807) is 27.7 Å². The zero-order valence-electron chi connectivity index (χ0n) is 12.6. The zero-order chi connectivity index (χ0) is 16.9. The van der Waals surface area contributed by atoms with Crippen LogP contribution in [0.5, 0.6) is 0 Å². The van der Waals surface area contributed by atoms with Gasteiger partial charge in [-0.3, -0.25) is 0 Å². The van der Waals surface area contributed by atoms with E-state index in [9.17, 15) is 14.0 Å². The monoisotopic (exact) mass is 310 g/mol. The predicted molar refractivity (Wildman–Crippen MR) is 76.0 cm³/mol. The van der Waals surface area contributed by atoms with Crippen molar-refractivity contribution in [2.24, 2.45) is 0 Å². The summed E-state index contributed by atoms with van der Waals surface area (Å²) in [5.74, 6) is -3.87. The Kier molecular flexibility index (Phi) is 3.79. The van der Waals surface area contributed by atoms with Gasteiger partial charge in [-0.1, -0.05) is 0 Å². The number of benzene rings is 1. The van der Waals surface area contributed by atoms with Crippen molar-refractivity contribution < 1.29 is 33.5 Å². The smallest absolute Gasteiger partial charge is 0.478 e. The SMILES string of the molecule is CC1(C)OB(c2cc(C(=O)O)c(C(=O)O)cc2F)OC1(C)C. The molecule has 1 aromatic rings. The lowest BCUT2D eigenvalue weighted by atomic mass is 9.77.